The zero-order valence-corrected chi connectivity index (χ0v) is 11.4. The van der Waals surface area contributed by atoms with E-state index in [1.165, 1.54) is 17.8 Å². The molecule has 20 heavy (non-hydrogen) atoms. The molecule has 1 aromatic heterocycles. The number of ether oxygens (including phenoxy) is 1. The van der Waals surface area contributed by atoms with E-state index in [1.54, 1.807) is 6.20 Å². The molecule has 2 aromatic rings. The van der Waals surface area contributed by atoms with E-state index in [9.17, 15) is 4.39 Å². The smallest absolute Gasteiger partial charge is 0.141 e. The number of hydrogen-bond donors (Lipinski definition) is 1. The quantitative estimate of drug-likeness (QED) is 0.929. The fourth-order valence-corrected chi connectivity index (χ4v) is 2.60. The molecule has 1 unspecified atom stereocenters. The van der Waals surface area contributed by atoms with Crippen LogP contribution in [0.2, 0.25) is 0 Å². The fraction of sp³-hybridized carbons (Fsp3) is 0.312. The van der Waals surface area contributed by atoms with Crippen LogP contribution >= 0.6 is 0 Å². The average Bonchev–Trinajstić information content (AvgIpc) is 2.92. The van der Waals surface area contributed by atoms with Crippen molar-refractivity contribution in [3.8, 4) is 5.75 Å². The van der Waals surface area contributed by atoms with Crippen LogP contribution in [0.5, 0.6) is 5.75 Å². The number of rotatable bonds is 4. The van der Waals surface area contributed by atoms with Crippen LogP contribution in [0.4, 0.5) is 4.39 Å². The normalized spacial score (nSPS) is 14.7. The highest BCUT2D eigenvalue weighted by Crippen LogP contribution is 2.30. The summed E-state index contributed by atoms with van der Waals surface area (Å²) in [6.45, 7) is 3.58. The molecule has 0 fully saturated rings. The van der Waals surface area contributed by atoms with E-state index in [0.717, 1.165) is 36.4 Å². The molecule has 4 heteroatoms. The topological polar surface area (TPSA) is 34.2 Å². The Bertz CT molecular complexity index is 615. The van der Waals surface area contributed by atoms with Gasteiger partial charge in [0.05, 0.1) is 18.8 Å². The monoisotopic (exact) mass is 272 g/mol. The van der Waals surface area contributed by atoms with Gasteiger partial charge in [0.15, 0.2) is 0 Å². The largest absolute Gasteiger partial charge is 0.493 e. The van der Waals surface area contributed by atoms with E-state index in [0.29, 0.717) is 0 Å². The molecule has 0 aliphatic carbocycles. The third-order valence-electron chi connectivity index (χ3n) is 3.51. The van der Waals surface area contributed by atoms with Gasteiger partial charge in [0.2, 0.25) is 0 Å². The minimum Gasteiger partial charge on any atom is -0.493 e. The lowest BCUT2D eigenvalue weighted by Gasteiger charge is -2.19. The molecular formula is C16H17FN2O. The summed E-state index contributed by atoms with van der Waals surface area (Å²) in [4.78, 5) is 3.95. The standard InChI is InChI=1S/C16H17FN2O/c1-2-19-16(13-8-14(17)10-18-9-13)12-3-4-15-11(7-12)5-6-20-15/h3-4,7-10,16,19H,2,5-6H2,1H3. The van der Waals surface area contributed by atoms with Gasteiger partial charge in [-0.25, -0.2) is 4.39 Å². The van der Waals surface area contributed by atoms with E-state index in [1.807, 2.05) is 19.1 Å². The lowest BCUT2D eigenvalue weighted by atomic mass is 9.97. The third-order valence-corrected chi connectivity index (χ3v) is 3.51. The van der Waals surface area contributed by atoms with Gasteiger partial charge in [0, 0.05) is 12.6 Å². The number of hydrogen-bond acceptors (Lipinski definition) is 3. The van der Waals surface area contributed by atoms with Crippen LogP contribution in [0.25, 0.3) is 0 Å². The SMILES string of the molecule is CCNC(c1cncc(F)c1)c1ccc2c(c1)CCO2. The predicted octanol–water partition coefficient (Wildman–Crippen LogP) is 2.85. The first-order chi connectivity index (χ1) is 9.78. The summed E-state index contributed by atoms with van der Waals surface area (Å²) in [5.41, 5.74) is 3.17. The molecule has 0 spiro atoms. The zero-order valence-electron chi connectivity index (χ0n) is 11.4. The second-order valence-corrected chi connectivity index (χ2v) is 4.89. The van der Waals surface area contributed by atoms with Crippen molar-refractivity contribution in [3.05, 3.63) is 59.2 Å². The number of halogens is 1. The van der Waals surface area contributed by atoms with Crippen LogP contribution in [0.3, 0.4) is 0 Å². The number of aromatic nitrogens is 1. The molecule has 104 valence electrons. The first-order valence-corrected chi connectivity index (χ1v) is 6.87. The maximum Gasteiger partial charge on any atom is 0.141 e. The molecule has 1 N–H and O–H groups in total. The lowest BCUT2D eigenvalue weighted by Crippen LogP contribution is -2.22. The molecule has 3 rings (SSSR count). The Morgan fingerprint density at radius 2 is 2.20 bits per heavy atom. The van der Waals surface area contributed by atoms with Gasteiger partial charge < -0.3 is 10.1 Å². The number of fused-ring (bicyclic) bond motifs is 1. The molecule has 2 heterocycles. The van der Waals surface area contributed by atoms with E-state index in [2.05, 4.69) is 16.4 Å². The summed E-state index contributed by atoms with van der Waals surface area (Å²) < 4.78 is 18.9. The summed E-state index contributed by atoms with van der Waals surface area (Å²) in [5.74, 6) is 0.649. The molecule has 0 saturated heterocycles. The van der Waals surface area contributed by atoms with Crippen LogP contribution in [0, 0.1) is 5.82 Å². The number of nitrogens with zero attached hydrogens (tertiary/aromatic N) is 1. The van der Waals surface area contributed by atoms with Crippen molar-refractivity contribution in [2.24, 2.45) is 0 Å². The maximum absolute atomic E-state index is 13.4. The Balaban J connectivity index is 1.98. The summed E-state index contributed by atoms with van der Waals surface area (Å²) in [5, 5.41) is 3.39. The first kappa shape index (κ1) is 13.1. The molecule has 0 bridgehead atoms. The summed E-state index contributed by atoms with van der Waals surface area (Å²) in [6, 6.07) is 7.65. The van der Waals surface area contributed by atoms with Crippen molar-refractivity contribution < 1.29 is 9.13 Å². The Morgan fingerprint density at radius 3 is 3.00 bits per heavy atom. The van der Waals surface area contributed by atoms with Crippen molar-refractivity contribution in [3.63, 3.8) is 0 Å². The van der Waals surface area contributed by atoms with E-state index in [4.69, 9.17) is 4.74 Å². The van der Waals surface area contributed by atoms with Crippen LogP contribution in [-0.2, 0) is 6.42 Å². The molecular weight excluding hydrogens is 255 g/mol. The molecule has 1 aliphatic heterocycles. The van der Waals surface area contributed by atoms with E-state index in [-0.39, 0.29) is 11.9 Å². The molecule has 0 radical (unpaired) electrons. The van der Waals surface area contributed by atoms with E-state index >= 15 is 0 Å². The zero-order chi connectivity index (χ0) is 13.9. The number of pyridine rings is 1. The van der Waals surface area contributed by atoms with Gasteiger partial charge in [-0.2, -0.15) is 0 Å². The van der Waals surface area contributed by atoms with Gasteiger partial charge >= 0.3 is 0 Å². The van der Waals surface area contributed by atoms with Crippen molar-refractivity contribution >= 4 is 0 Å². The van der Waals surface area contributed by atoms with Crippen molar-refractivity contribution in [1.29, 1.82) is 0 Å². The van der Waals surface area contributed by atoms with Gasteiger partial charge in [-0.3, -0.25) is 4.98 Å². The van der Waals surface area contributed by atoms with Crippen molar-refractivity contribution in [2.45, 2.75) is 19.4 Å². The average molecular weight is 272 g/mol. The van der Waals surface area contributed by atoms with Gasteiger partial charge in [-0.15, -0.1) is 0 Å². The summed E-state index contributed by atoms with van der Waals surface area (Å²) in [7, 11) is 0. The van der Waals surface area contributed by atoms with Crippen molar-refractivity contribution in [2.75, 3.05) is 13.2 Å². The highest BCUT2D eigenvalue weighted by atomic mass is 19.1. The van der Waals surface area contributed by atoms with Crippen molar-refractivity contribution in [1.82, 2.24) is 10.3 Å². The third kappa shape index (κ3) is 2.51. The number of benzene rings is 1. The van der Waals surface area contributed by atoms with Crippen LogP contribution in [0.1, 0.15) is 29.7 Å². The Kier molecular flexibility index (Phi) is 3.65. The molecule has 3 nitrogen and oxygen atoms in total. The molecule has 1 aliphatic rings. The van der Waals surface area contributed by atoms with Gasteiger partial charge in [0.25, 0.3) is 0 Å². The van der Waals surface area contributed by atoms with Gasteiger partial charge in [-0.1, -0.05) is 19.1 Å². The highest BCUT2D eigenvalue weighted by Gasteiger charge is 2.18. The summed E-state index contributed by atoms with van der Waals surface area (Å²) in [6.07, 6.45) is 3.87. The molecule has 0 amide bonds. The number of nitrogens with one attached hydrogen (secondary N) is 1. The Labute approximate surface area is 117 Å². The Morgan fingerprint density at radius 1 is 1.30 bits per heavy atom. The molecule has 1 aromatic carbocycles. The van der Waals surface area contributed by atoms with Crippen LogP contribution in [0.15, 0.2) is 36.7 Å². The van der Waals surface area contributed by atoms with Gasteiger partial charge in [-0.05, 0) is 35.4 Å². The second kappa shape index (κ2) is 5.59. The van der Waals surface area contributed by atoms with Crippen LogP contribution < -0.4 is 10.1 Å². The fourth-order valence-electron chi connectivity index (χ4n) is 2.60. The first-order valence-electron chi connectivity index (χ1n) is 6.87. The second-order valence-electron chi connectivity index (χ2n) is 4.89. The Hall–Kier alpha value is -1.94. The maximum atomic E-state index is 13.4. The van der Waals surface area contributed by atoms with E-state index < -0.39 is 0 Å². The molecule has 1 atom stereocenters. The summed E-state index contributed by atoms with van der Waals surface area (Å²) >= 11 is 0. The highest BCUT2D eigenvalue weighted by molar-refractivity contribution is 5.43. The lowest BCUT2D eigenvalue weighted by molar-refractivity contribution is 0.357. The minimum atomic E-state index is -0.310. The van der Waals surface area contributed by atoms with Gasteiger partial charge in [0.1, 0.15) is 11.6 Å². The predicted molar refractivity (Wildman–Crippen MR) is 75.4 cm³/mol. The molecule has 0 saturated carbocycles. The van der Waals surface area contributed by atoms with Crippen LogP contribution in [-0.4, -0.2) is 18.1 Å². The minimum absolute atomic E-state index is 0.0471.